The third kappa shape index (κ3) is 3.58. The lowest BCUT2D eigenvalue weighted by molar-refractivity contribution is -0.133. The normalized spacial score (nSPS) is 28.4. The molecule has 116 valence electrons. The first-order valence-electron chi connectivity index (χ1n) is 7.85. The fraction of sp³-hybridized carbons (Fsp3) is 0.588. The zero-order valence-corrected chi connectivity index (χ0v) is 13.2. The van der Waals surface area contributed by atoms with Gasteiger partial charge in [-0.15, -0.1) is 12.4 Å². The summed E-state index contributed by atoms with van der Waals surface area (Å²) < 4.78 is 0. The van der Waals surface area contributed by atoms with Crippen molar-refractivity contribution in [1.82, 2.24) is 4.90 Å². The minimum Gasteiger partial charge on any atom is -0.336 e. The monoisotopic (exact) mass is 308 g/mol. The second kappa shape index (κ2) is 7.28. The van der Waals surface area contributed by atoms with Gasteiger partial charge in [-0.1, -0.05) is 36.8 Å². The van der Waals surface area contributed by atoms with Crippen LogP contribution in [0.3, 0.4) is 0 Å². The van der Waals surface area contributed by atoms with Gasteiger partial charge in [0.2, 0.25) is 5.91 Å². The Kier molecular flexibility index (Phi) is 5.65. The summed E-state index contributed by atoms with van der Waals surface area (Å²) in [4.78, 5) is 14.7. The molecule has 1 aromatic carbocycles. The van der Waals surface area contributed by atoms with E-state index in [1.807, 2.05) is 6.07 Å². The molecule has 0 aromatic heterocycles. The summed E-state index contributed by atoms with van der Waals surface area (Å²) in [5, 5.41) is 0. The number of hydrogen-bond donors (Lipinski definition) is 1. The molecule has 3 rings (SSSR count). The average molecular weight is 309 g/mol. The Morgan fingerprint density at radius 3 is 2.57 bits per heavy atom. The molecule has 0 radical (unpaired) electrons. The van der Waals surface area contributed by atoms with E-state index in [2.05, 4.69) is 29.2 Å². The number of likely N-dealkylation sites (tertiary alicyclic amines) is 1. The van der Waals surface area contributed by atoms with Gasteiger partial charge in [-0.05, 0) is 37.2 Å². The highest BCUT2D eigenvalue weighted by Gasteiger charge is 2.33. The summed E-state index contributed by atoms with van der Waals surface area (Å²) in [6.07, 6.45) is 6.23. The van der Waals surface area contributed by atoms with Crippen molar-refractivity contribution in [2.45, 2.75) is 50.6 Å². The maximum Gasteiger partial charge on any atom is 0.223 e. The van der Waals surface area contributed by atoms with Crippen molar-refractivity contribution in [1.29, 1.82) is 0 Å². The lowest BCUT2D eigenvalue weighted by atomic mass is 9.98. The molecule has 3 atom stereocenters. The van der Waals surface area contributed by atoms with Gasteiger partial charge in [0.25, 0.3) is 0 Å². The number of carbonyl (C=O) groups excluding carboxylic acids is 1. The summed E-state index contributed by atoms with van der Waals surface area (Å²) in [6.45, 7) is 0.903. The third-order valence-corrected chi connectivity index (χ3v) is 4.91. The van der Waals surface area contributed by atoms with Crippen molar-refractivity contribution < 1.29 is 4.79 Å². The zero-order chi connectivity index (χ0) is 13.9. The number of rotatable bonds is 3. The van der Waals surface area contributed by atoms with Gasteiger partial charge in [0, 0.05) is 19.0 Å². The fourth-order valence-corrected chi connectivity index (χ4v) is 3.75. The second-order valence-electron chi connectivity index (χ2n) is 6.21. The molecule has 1 saturated heterocycles. The van der Waals surface area contributed by atoms with Gasteiger partial charge >= 0.3 is 0 Å². The molecular weight excluding hydrogens is 284 g/mol. The Hall–Kier alpha value is -1.06. The molecule has 3 nitrogen and oxygen atoms in total. The van der Waals surface area contributed by atoms with E-state index in [0.29, 0.717) is 18.2 Å². The highest BCUT2D eigenvalue weighted by Crippen LogP contribution is 2.34. The number of nitrogens with two attached hydrogens (primary N) is 1. The average Bonchev–Trinajstić information content (AvgIpc) is 3.09. The molecule has 1 saturated carbocycles. The van der Waals surface area contributed by atoms with E-state index < -0.39 is 0 Å². The molecule has 2 fully saturated rings. The zero-order valence-electron chi connectivity index (χ0n) is 12.4. The number of halogens is 1. The van der Waals surface area contributed by atoms with Crippen LogP contribution in [0.4, 0.5) is 0 Å². The van der Waals surface area contributed by atoms with Crippen molar-refractivity contribution in [3.8, 4) is 0 Å². The molecule has 2 aliphatic rings. The van der Waals surface area contributed by atoms with Crippen molar-refractivity contribution in [3.63, 3.8) is 0 Å². The SMILES string of the molecule is Cl.N[C@@H]1CCC[C@H]1CC(=O)N1CCCC1c1ccccc1. The van der Waals surface area contributed by atoms with Crippen LogP contribution in [0.15, 0.2) is 30.3 Å². The molecule has 0 spiro atoms. The summed E-state index contributed by atoms with van der Waals surface area (Å²) in [7, 11) is 0. The molecule has 0 bridgehead atoms. The van der Waals surface area contributed by atoms with Crippen LogP contribution in [0.5, 0.6) is 0 Å². The van der Waals surface area contributed by atoms with Gasteiger partial charge in [-0.25, -0.2) is 0 Å². The topological polar surface area (TPSA) is 46.3 Å². The van der Waals surface area contributed by atoms with Crippen LogP contribution >= 0.6 is 12.4 Å². The van der Waals surface area contributed by atoms with Crippen LogP contribution in [-0.4, -0.2) is 23.4 Å². The number of carbonyl (C=O) groups is 1. The van der Waals surface area contributed by atoms with Crippen molar-refractivity contribution in [2.75, 3.05) is 6.54 Å². The maximum atomic E-state index is 12.6. The van der Waals surface area contributed by atoms with Crippen LogP contribution in [0.25, 0.3) is 0 Å². The highest BCUT2D eigenvalue weighted by molar-refractivity contribution is 5.85. The maximum absolute atomic E-state index is 12.6. The van der Waals surface area contributed by atoms with Crippen LogP contribution in [-0.2, 0) is 4.79 Å². The fourth-order valence-electron chi connectivity index (χ4n) is 3.75. The Balaban J connectivity index is 0.00000161. The quantitative estimate of drug-likeness (QED) is 0.931. The van der Waals surface area contributed by atoms with E-state index in [1.54, 1.807) is 0 Å². The van der Waals surface area contributed by atoms with Gasteiger partial charge in [0.1, 0.15) is 0 Å². The summed E-state index contributed by atoms with van der Waals surface area (Å²) in [6, 6.07) is 10.9. The molecule has 1 amide bonds. The van der Waals surface area contributed by atoms with E-state index in [1.165, 1.54) is 12.0 Å². The third-order valence-electron chi connectivity index (χ3n) is 4.91. The predicted octanol–water partition coefficient (Wildman–Crippen LogP) is 3.29. The van der Waals surface area contributed by atoms with E-state index in [4.69, 9.17) is 5.73 Å². The summed E-state index contributed by atoms with van der Waals surface area (Å²) >= 11 is 0. The molecule has 1 aliphatic carbocycles. The van der Waals surface area contributed by atoms with Crippen LogP contribution in [0, 0.1) is 5.92 Å². The van der Waals surface area contributed by atoms with Gasteiger partial charge in [-0.2, -0.15) is 0 Å². The minimum atomic E-state index is 0. The molecule has 4 heteroatoms. The molecular formula is C17H25ClN2O. The lowest BCUT2D eigenvalue weighted by Gasteiger charge is -2.27. The van der Waals surface area contributed by atoms with E-state index in [9.17, 15) is 4.79 Å². The van der Waals surface area contributed by atoms with E-state index in [0.717, 1.165) is 32.2 Å². The van der Waals surface area contributed by atoms with Crippen LogP contribution < -0.4 is 5.73 Å². The Morgan fingerprint density at radius 1 is 1.14 bits per heavy atom. The lowest BCUT2D eigenvalue weighted by Crippen LogP contribution is -2.35. The van der Waals surface area contributed by atoms with E-state index in [-0.39, 0.29) is 24.5 Å². The second-order valence-corrected chi connectivity index (χ2v) is 6.21. The standard InChI is InChI=1S/C17H24N2O.ClH/c18-15-9-4-8-14(15)12-17(20)19-11-5-10-16(19)13-6-2-1-3-7-13;/h1-3,6-7,14-16H,4-5,8-12,18H2;1H/t14-,15+,16?;/m0./s1. The first-order chi connectivity index (χ1) is 9.75. The van der Waals surface area contributed by atoms with E-state index >= 15 is 0 Å². The molecule has 2 N–H and O–H groups in total. The predicted molar refractivity (Wildman–Crippen MR) is 87.3 cm³/mol. The van der Waals surface area contributed by atoms with Crippen molar-refractivity contribution in [3.05, 3.63) is 35.9 Å². The van der Waals surface area contributed by atoms with Crippen LogP contribution in [0.2, 0.25) is 0 Å². The van der Waals surface area contributed by atoms with Crippen molar-refractivity contribution in [2.24, 2.45) is 11.7 Å². The van der Waals surface area contributed by atoms with Gasteiger partial charge in [0.15, 0.2) is 0 Å². The van der Waals surface area contributed by atoms with Crippen LogP contribution in [0.1, 0.15) is 50.1 Å². The highest BCUT2D eigenvalue weighted by atomic mass is 35.5. The molecule has 1 unspecified atom stereocenters. The van der Waals surface area contributed by atoms with Gasteiger partial charge < -0.3 is 10.6 Å². The molecule has 1 heterocycles. The van der Waals surface area contributed by atoms with Gasteiger partial charge in [-0.3, -0.25) is 4.79 Å². The van der Waals surface area contributed by atoms with Gasteiger partial charge in [0.05, 0.1) is 6.04 Å². The minimum absolute atomic E-state index is 0. The largest absolute Gasteiger partial charge is 0.336 e. The number of nitrogens with zero attached hydrogens (tertiary/aromatic N) is 1. The number of hydrogen-bond acceptors (Lipinski definition) is 2. The summed E-state index contributed by atoms with van der Waals surface area (Å²) in [5.41, 5.74) is 7.37. The Bertz CT molecular complexity index is 465. The Labute approximate surface area is 133 Å². The first kappa shape index (κ1) is 16.3. The smallest absolute Gasteiger partial charge is 0.223 e. The molecule has 1 aromatic rings. The van der Waals surface area contributed by atoms with Crippen molar-refractivity contribution >= 4 is 18.3 Å². The number of benzene rings is 1. The molecule has 21 heavy (non-hydrogen) atoms. The Morgan fingerprint density at radius 2 is 1.90 bits per heavy atom. The first-order valence-corrected chi connectivity index (χ1v) is 7.85. The number of amides is 1. The molecule has 1 aliphatic heterocycles. The summed E-state index contributed by atoms with van der Waals surface area (Å²) in [5.74, 6) is 0.707.